The summed E-state index contributed by atoms with van der Waals surface area (Å²) in [6.07, 6.45) is 16.1. The molecule has 1 rings (SSSR count). The van der Waals surface area contributed by atoms with Crippen molar-refractivity contribution < 1.29 is 13.9 Å². The van der Waals surface area contributed by atoms with Crippen LogP contribution in [0.4, 0.5) is 0 Å². The molecule has 0 aromatic carbocycles. The van der Waals surface area contributed by atoms with E-state index in [0.29, 0.717) is 6.42 Å². The quantitative estimate of drug-likeness (QED) is 0.216. The van der Waals surface area contributed by atoms with Crippen molar-refractivity contribution in [3.05, 3.63) is 35.8 Å². The number of esters is 1. The Labute approximate surface area is 153 Å². The number of carbonyl (C=O) groups is 1. The third kappa shape index (κ3) is 9.52. The number of hydrogen-bond acceptors (Lipinski definition) is 3. The molecule has 25 heavy (non-hydrogen) atoms. The van der Waals surface area contributed by atoms with Crippen LogP contribution >= 0.6 is 0 Å². The van der Waals surface area contributed by atoms with Gasteiger partial charge in [0.25, 0.3) is 0 Å². The Morgan fingerprint density at radius 1 is 1.08 bits per heavy atom. The number of aryl methyl sites for hydroxylation is 2. The van der Waals surface area contributed by atoms with Crippen LogP contribution in [0.1, 0.15) is 88.2 Å². The molecule has 1 aromatic rings. The lowest BCUT2D eigenvalue weighted by Gasteiger charge is -2.02. The SMILES string of the molecule is C=CCc1cc(CCCCCC)oc1CCCCCCCC(=O)OC. The smallest absolute Gasteiger partial charge is 0.305 e. The highest BCUT2D eigenvalue weighted by molar-refractivity contribution is 5.68. The third-order valence-electron chi connectivity index (χ3n) is 4.60. The number of carbonyl (C=O) groups excluding carboxylic acids is 1. The van der Waals surface area contributed by atoms with Crippen molar-refractivity contribution in [3.8, 4) is 0 Å². The van der Waals surface area contributed by atoms with E-state index in [9.17, 15) is 4.79 Å². The van der Waals surface area contributed by atoms with Gasteiger partial charge in [-0.1, -0.05) is 51.5 Å². The minimum Gasteiger partial charge on any atom is -0.469 e. The monoisotopic (exact) mass is 348 g/mol. The molecule has 0 unspecified atom stereocenters. The first-order valence-electron chi connectivity index (χ1n) is 9.99. The van der Waals surface area contributed by atoms with Gasteiger partial charge in [-0.3, -0.25) is 4.79 Å². The van der Waals surface area contributed by atoms with Gasteiger partial charge >= 0.3 is 5.97 Å². The highest BCUT2D eigenvalue weighted by Gasteiger charge is 2.10. The number of methoxy groups -OCH3 is 1. The van der Waals surface area contributed by atoms with Crippen molar-refractivity contribution in [2.24, 2.45) is 0 Å². The number of ether oxygens (including phenoxy) is 1. The molecule has 0 saturated carbocycles. The summed E-state index contributed by atoms with van der Waals surface area (Å²) in [5.74, 6) is 2.19. The summed E-state index contributed by atoms with van der Waals surface area (Å²) < 4.78 is 10.8. The first-order valence-corrected chi connectivity index (χ1v) is 9.99. The van der Waals surface area contributed by atoms with Crippen LogP contribution in [0.15, 0.2) is 23.1 Å². The largest absolute Gasteiger partial charge is 0.469 e. The fraction of sp³-hybridized carbons (Fsp3) is 0.682. The van der Waals surface area contributed by atoms with E-state index in [1.54, 1.807) is 0 Å². The molecule has 3 heteroatoms. The summed E-state index contributed by atoms with van der Waals surface area (Å²) in [7, 11) is 1.45. The zero-order valence-corrected chi connectivity index (χ0v) is 16.3. The lowest BCUT2D eigenvalue weighted by molar-refractivity contribution is -0.140. The Morgan fingerprint density at radius 2 is 1.76 bits per heavy atom. The molecular weight excluding hydrogens is 312 g/mol. The van der Waals surface area contributed by atoms with Crippen LogP contribution in [0.3, 0.4) is 0 Å². The van der Waals surface area contributed by atoms with Gasteiger partial charge < -0.3 is 9.15 Å². The Balaban J connectivity index is 2.29. The summed E-state index contributed by atoms with van der Waals surface area (Å²) in [5, 5.41) is 0. The van der Waals surface area contributed by atoms with Crippen LogP contribution in [0.5, 0.6) is 0 Å². The fourth-order valence-electron chi connectivity index (χ4n) is 3.10. The van der Waals surface area contributed by atoms with Gasteiger partial charge in [0.05, 0.1) is 7.11 Å². The first kappa shape index (κ1) is 21.5. The molecule has 0 aliphatic rings. The molecule has 142 valence electrons. The molecule has 1 aromatic heterocycles. The van der Waals surface area contributed by atoms with Crippen molar-refractivity contribution in [1.29, 1.82) is 0 Å². The number of hydrogen-bond donors (Lipinski definition) is 0. The van der Waals surface area contributed by atoms with Gasteiger partial charge in [-0.05, 0) is 37.3 Å². The summed E-state index contributed by atoms with van der Waals surface area (Å²) in [6, 6.07) is 2.24. The van der Waals surface area contributed by atoms with Gasteiger partial charge in [0.2, 0.25) is 0 Å². The molecule has 1 heterocycles. The number of unbranched alkanes of at least 4 members (excludes halogenated alkanes) is 7. The van der Waals surface area contributed by atoms with Crippen molar-refractivity contribution in [2.75, 3.05) is 7.11 Å². The molecule has 0 bridgehead atoms. The minimum absolute atomic E-state index is 0.101. The van der Waals surface area contributed by atoms with Gasteiger partial charge in [-0.2, -0.15) is 0 Å². The zero-order valence-electron chi connectivity index (χ0n) is 16.3. The van der Waals surface area contributed by atoms with Crippen LogP contribution in [0.25, 0.3) is 0 Å². The molecule has 0 fully saturated rings. The van der Waals surface area contributed by atoms with E-state index in [-0.39, 0.29) is 5.97 Å². The fourth-order valence-corrected chi connectivity index (χ4v) is 3.10. The van der Waals surface area contributed by atoms with E-state index in [2.05, 4.69) is 24.3 Å². The first-order chi connectivity index (χ1) is 12.2. The molecule has 3 nitrogen and oxygen atoms in total. The van der Waals surface area contributed by atoms with Gasteiger partial charge in [0.15, 0.2) is 0 Å². The second-order valence-corrected chi connectivity index (χ2v) is 6.81. The number of rotatable bonds is 15. The maximum Gasteiger partial charge on any atom is 0.305 e. The molecule has 0 N–H and O–H groups in total. The highest BCUT2D eigenvalue weighted by Crippen LogP contribution is 2.21. The molecule has 0 atom stereocenters. The lowest BCUT2D eigenvalue weighted by atomic mass is 10.0. The Hall–Kier alpha value is -1.51. The van der Waals surface area contributed by atoms with E-state index in [1.165, 1.54) is 51.2 Å². The summed E-state index contributed by atoms with van der Waals surface area (Å²) in [6.45, 7) is 6.10. The minimum atomic E-state index is -0.101. The van der Waals surface area contributed by atoms with Crippen LogP contribution < -0.4 is 0 Å². The van der Waals surface area contributed by atoms with E-state index in [4.69, 9.17) is 4.42 Å². The zero-order chi connectivity index (χ0) is 18.3. The van der Waals surface area contributed by atoms with Crippen molar-refractivity contribution >= 4 is 5.97 Å². The topological polar surface area (TPSA) is 39.4 Å². The van der Waals surface area contributed by atoms with Crippen LogP contribution in [-0.2, 0) is 28.8 Å². The predicted molar refractivity (Wildman–Crippen MR) is 104 cm³/mol. The van der Waals surface area contributed by atoms with Crippen LogP contribution in [-0.4, -0.2) is 13.1 Å². The number of allylic oxidation sites excluding steroid dienone is 1. The summed E-state index contributed by atoms with van der Waals surface area (Å²) in [5.41, 5.74) is 1.31. The van der Waals surface area contributed by atoms with Crippen molar-refractivity contribution in [3.63, 3.8) is 0 Å². The summed E-state index contributed by atoms with van der Waals surface area (Å²) in [4.78, 5) is 11.1. The lowest BCUT2D eigenvalue weighted by Crippen LogP contribution is -1.99. The van der Waals surface area contributed by atoms with Crippen molar-refractivity contribution in [1.82, 2.24) is 0 Å². The van der Waals surface area contributed by atoms with Crippen LogP contribution in [0, 0.1) is 0 Å². The normalized spacial score (nSPS) is 10.8. The third-order valence-corrected chi connectivity index (χ3v) is 4.60. The highest BCUT2D eigenvalue weighted by atomic mass is 16.5. The molecule has 0 aliphatic heterocycles. The molecule has 0 spiro atoms. The van der Waals surface area contributed by atoms with Crippen molar-refractivity contribution in [2.45, 2.75) is 90.4 Å². The standard InChI is InChI=1S/C22H36O3/c1-4-6-7-11-15-20-18-19(14-5-2)21(25-20)16-12-9-8-10-13-17-22(23)24-3/h5,18H,2,4,6-17H2,1,3H3. The van der Waals surface area contributed by atoms with Crippen LogP contribution in [0.2, 0.25) is 0 Å². The van der Waals surface area contributed by atoms with E-state index in [1.807, 2.05) is 6.08 Å². The molecular formula is C22H36O3. The van der Waals surface area contributed by atoms with Gasteiger partial charge in [-0.25, -0.2) is 0 Å². The maximum absolute atomic E-state index is 11.1. The molecule has 0 amide bonds. The second kappa shape index (κ2) is 13.7. The Kier molecular flexibility index (Phi) is 11.8. The second-order valence-electron chi connectivity index (χ2n) is 6.81. The molecule has 0 radical (unpaired) electrons. The average Bonchev–Trinajstić information content (AvgIpc) is 2.99. The summed E-state index contributed by atoms with van der Waals surface area (Å²) >= 11 is 0. The number of furan rings is 1. The van der Waals surface area contributed by atoms with Gasteiger partial charge in [0, 0.05) is 19.3 Å². The van der Waals surface area contributed by atoms with E-state index < -0.39 is 0 Å². The molecule has 0 saturated heterocycles. The van der Waals surface area contributed by atoms with Gasteiger partial charge in [0.1, 0.15) is 11.5 Å². The molecule has 0 aliphatic carbocycles. The predicted octanol–water partition coefficient (Wildman–Crippen LogP) is 6.19. The average molecular weight is 349 g/mol. The maximum atomic E-state index is 11.1. The van der Waals surface area contributed by atoms with Gasteiger partial charge in [-0.15, -0.1) is 6.58 Å². The van der Waals surface area contributed by atoms with E-state index in [0.717, 1.165) is 50.0 Å². The Morgan fingerprint density at radius 3 is 2.48 bits per heavy atom. The van der Waals surface area contributed by atoms with E-state index >= 15 is 0 Å². The Bertz CT molecular complexity index is 487.